The maximum atomic E-state index is 10.8. The monoisotopic (exact) mass is 410 g/mol. The predicted molar refractivity (Wildman–Crippen MR) is 112 cm³/mol. The fourth-order valence-corrected chi connectivity index (χ4v) is 3.90. The van der Waals surface area contributed by atoms with E-state index in [0.29, 0.717) is 15.4 Å². The molecule has 0 saturated carbocycles. The SMILES string of the molecule is Cc1ccccc1Nc1nnc(Nc2nc(-c3ccc([N+](=O)[O-])cc3)cs2)s1. The molecule has 0 bridgehead atoms. The number of hydrogen-bond donors (Lipinski definition) is 2. The van der Waals surface area contributed by atoms with E-state index in [1.165, 1.54) is 34.8 Å². The second kappa shape index (κ2) is 7.71. The van der Waals surface area contributed by atoms with Crippen LogP contribution in [0.5, 0.6) is 0 Å². The van der Waals surface area contributed by atoms with Crippen LogP contribution in [-0.4, -0.2) is 20.1 Å². The molecule has 2 aromatic heterocycles. The van der Waals surface area contributed by atoms with Crippen LogP contribution in [0.15, 0.2) is 53.9 Å². The third kappa shape index (κ3) is 3.97. The summed E-state index contributed by atoms with van der Waals surface area (Å²) in [6.45, 7) is 2.03. The highest BCUT2D eigenvalue weighted by atomic mass is 32.1. The molecule has 0 aliphatic rings. The van der Waals surface area contributed by atoms with Crippen LogP contribution in [-0.2, 0) is 0 Å². The van der Waals surface area contributed by atoms with Crippen LogP contribution in [0.3, 0.4) is 0 Å². The number of nitrogens with one attached hydrogen (secondary N) is 2. The number of thiazole rings is 1. The van der Waals surface area contributed by atoms with Gasteiger partial charge in [0.1, 0.15) is 0 Å². The van der Waals surface area contributed by atoms with Crippen LogP contribution in [0, 0.1) is 17.0 Å². The van der Waals surface area contributed by atoms with Gasteiger partial charge in [-0.05, 0) is 30.7 Å². The summed E-state index contributed by atoms with van der Waals surface area (Å²) in [7, 11) is 0. The highest BCUT2D eigenvalue weighted by Gasteiger charge is 2.11. The number of non-ortho nitro benzene ring substituents is 1. The minimum atomic E-state index is -0.421. The lowest BCUT2D eigenvalue weighted by molar-refractivity contribution is -0.384. The van der Waals surface area contributed by atoms with E-state index >= 15 is 0 Å². The third-order valence-corrected chi connectivity index (χ3v) is 5.42. The molecular formula is C18H14N6O2S2. The van der Waals surface area contributed by atoms with Gasteiger partial charge < -0.3 is 10.6 Å². The second-order valence-electron chi connectivity index (χ2n) is 5.82. The van der Waals surface area contributed by atoms with E-state index in [2.05, 4.69) is 25.8 Å². The van der Waals surface area contributed by atoms with Crippen molar-refractivity contribution in [2.45, 2.75) is 6.92 Å². The van der Waals surface area contributed by atoms with Gasteiger partial charge >= 0.3 is 0 Å². The molecule has 10 heteroatoms. The molecule has 0 amide bonds. The molecule has 4 aromatic rings. The molecule has 2 N–H and O–H groups in total. The topological polar surface area (TPSA) is 106 Å². The summed E-state index contributed by atoms with van der Waals surface area (Å²) in [4.78, 5) is 14.9. The number of nitro benzene ring substituents is 1. The fourth-order valence-electron chi connectivity index (χ4n) is 2.46. The van der Waals surface area contributed by atoms with E-state index in [1.54, 1.807) is 12.1 Å². The summed E-state index contributed by atoms with van der Waals surface area (Å²) in [5.74, 6) is 0. The minimum absolute atomic E-state index is 0.0554. The zero-order valence-corrected chi connectivity index (χ0v) is 16.3. The molecule has 28 heavy (non-hydrogen) atoms. The zero-order valence-electron chi connectivity index (χ0n) is 14.6. The summed E-state index contributed by atoms with van der Waals surface area (Å²) >= 11 is 2.82. The minimum Gasteiger partial charge on any atom is -0.330 e. The van der Waals surface area contributed by atoms with Gasteiger partial charge in [-0.25, -0.2) is 4.98 Å². The number of benzene rings is 2. The van der Waals surface area contributed by atoms with Gasteiger partial charge in [0.2, 0.25) is 10.3 Å². The molecule has 140 valence electrons. The van der Waals surface area contributed by atoms with Gasteiger partial charge in [0.15, 0.2) is 5.13 Å². The molecule has 0 radical (unpaired) electrons. The van der Waals surface area contributed by atoms with Gasteiger partial charge in [-0.15, -0.1) is 21.5 Å². The van der Waals surface area contributed by atoms with Crippen molar-refractivity contribution in [2.24, 2.45) is 0 Å². The first kappa shape index (κ1) is 18.0. The van der Waals surface area contributed by atoms with E-state index < -0.39 is 4.92 Å². The molecule has 2 heterocycles. The van der Waals surface area contributed by atoms with Crippen molar-refractivity contribution >= 4 is 49.4 Å². The van der Waals surface area contributed by atoms with E-state index in [0.717, 1.165) is 22.5 Å². The Balaban J connectivity index is 1.45. The highest BCUT2D eigenvalue weighted by molar-refractivity contribution is 7.19. The molecule has 0 aliphatic heterocycles. The number of nitrogens with zero attached hydrogens (tertiary/aromatic N) is 4. The van der Waals surface area contributed by atoms with E-state index in [1.807, 2.05) is 36.6 Å². The summed E-state index contributed by atoms with van der Waals surface area (Å²) < 4.78 is 0. The molecular weight excluding hydrogens is 396 g/mol. The van der Waals surface area contributed by atoms with Gasteiger partial charge in [-0.1, -0.05) is 29.5 Å². The summed E-state index contributed by atoms with van der Waals surface area (Å²) in [6, 6.07) is 14.3. The average Bonchev–Trinajstić information content (AvgIpc) is 3.34. The van der Waals surface area contributed by atoms with Crippen molar-refractivity contribution in [1.29, 1.82) is 0 Å². The number of anilines is 4. The number of para-hydroxylation sites is 1. The lowest BCUT2D eigenvalue weighted by Crippen LogP contribution is -1.91. The zero-order chi connectivity index (χ0) is 19.5. The van der Waals surface area contributed by atoms with E-state index in [4.69, 9.17) is 0 Å². The van der Waals surface area contributed by atoms with Crippen LogP contribution < -0.4 is 10.6 Å². The molecule has 0 unspecified atom stereocenters. The van der Waals surface area contributed by atoms with E-state index in [-0.39, 0.29) is 5.69 Å². The Labute approximate surface area is 168 Å². The molecule has 8 nitrogen and oxygen atoms in total. The predicted octanol–water partition coefficient (Wildman–Crippen LogP) is 5.37. The maximum Gasteiger partial charge on any atom is 0.269 e. The van der Waals surface area contributed by atoms with Gasteiger partial charge in [0.05, 0.1) is 10.6 Å². The summed E-state index contributed by atoms with van der Waals surface area (Å²) in [5, 5.41) is 29.3. The number of aromatic nitrogens is 3. The Bertz CT molecular complexity index is 1120. The van der Waals surface area contributed by atoms with Crippen LogP contribution in [0.2, 0.25) is 0 Å². The summed E-state index contributed by atoms with van der Waals surface area (Å²) in [5.41, 5.74) is 3.72. The number of nitro groups is 1. The molecule has 0 fully saturated rings. The Kier molecular flexibility index (Phi) is 4.96. The quantitative estimate of drug-likeness (QED) is 0.325. The van der Waals surface area contributed by atoms with Crippen LogP contribution in [0.4, 0.5) is 26.8 Å². The van der Waals surface area contributed by atoms with Crippen LogP contribution in [0.1, 0.15) is 5.56 Å². The molecule has 0 saturated heterocycles. The summed E-state index contributed by atoms with van der Waals surface area (Å²) in [6.07, 6.45) is 0. The lowest BCUT2D eigenvalue weighted by atomic mass is 10.1. The largest absolute Gasteiger partial charge is 0.330 e. The van der Waals surface area contributed by atoms with Crippen molar-refractivity contribution in [3.63, 3.8) is 0 Å². The highest BCUT2D eigenvalue weighted by Crippen LogP contribution is 2.31. The Morgan fingerprint density at radius 3 is 2.39 bits per heavy atom. The van der Waals surface area contributed by atoms with Crippen molar-refractivity contribution in [1.82, 2.24) is 15.2 Å². The van der Waals surface area contributed by atoms with Crippen molar-refractivity contribution in [3.8, 4) is 11.3 Å². The maximum absolute atomic E-state index is 10.8. The Morgan fingerprint density at radius 2 is 1.68 bits per heavy atom. The van der Waals surface area contributed by atoms with Crippen molar-refractivity contribution < 1.29 is 4.92 Å². The first-order valence-electron chi connectivity index (χ1n) is 8.22. The van der Waals surface area contributed by atoms with Crippen LogP contribution in [0.25, 0.3) is 11.3 Å². The molecule has 0 atom stereocenters. The molecule has 4 rings (SSSR count). The molecule has 0 aliphatic carbocycles. The van der Waals surface area contributed by atoms with Gasteiger partial charge in [-0.2, -0.15) is 0 Å². The van der Waals surface area contributed by atoms with E-state index in [9.17, 15) is 10.1 Å². The lowest BCUT2D eigenvalue weighted by Gasteiger charge is -2.04. The molecule has 0 spiro atoms. The van der Waals surface area contributed by atoms with Crippen molar-refractivity contribution in [2.75, 3.05) is 10.6 Å². The second-order valence-corrected chi connectivity index (χ2v) is 7.65. The Hall–Kier alpha value is -3.37. The number of hydrogen-bond acceptors (Lipinski definition) is 9. The van der Waals surface area contributed by atoms with Gasteiger partial charge in [0.25, 0.3) is 5.69 Å². The Morgan fingerprint density at radius 1 is 0.964 bits per heavy atom. The standard InChI is InChI=1S/C18H14N6O2S2/c1-11-4-2-3-5-14(11)19-17-22-23-18(28-17)21-16-20-15(10-27-16)12-6-8-13(9-7-12)24(25)26/h2-10H,1H3,(H,19,22)(H,20,21,23). The first-order valence-corrected chi connectivity index (χ1v) is 9.91. The number of rotatable bonds is 6. The number of aryl methyl sites for hydroxylation is 1. The average molecular weight is 410 g/mol. The third-order valence-electron chi connectivity index (χ3n) is 3.90. The van der Waals surface area contributed by atoms with Crippen molar-refractivity contribution in [3.05, 3.63) is 69.6 Å². The smallest absolute Gasteiger partial charge is 0.269 e. The van der Waals surface area contributed by atoms with Gasteiger partial charge in [-0.3, -0.25) is 10.1 Å². The van der Waals surface area contributed by atoms with Gasteiger partial charge in [0, 0.05) is 28.8 Å². The first-order chi connectivity index (χ1) is 13.6. The normalized spacial score (nSPS) is 10.6. The molecule has 2 aromatic carbocycles. The fraction of sp³-hybridized carbons (Fsp3) is 0.0556. The van der Waals surface area contributed by atoms with Crippen LogP contribution >= 0.6 is 22.7 Å².